The maximum absolute atomic E-state index is 9.99. The van der Waals surface area contributed by atoms with E-state index in [1.165, 1.54) is 0 Å². The van der Waals surface area contributed by atoms with Crippen LogP contribution in [0.2, 0.25) is 0 Å². The zero-order chi connectivity index (χ0) is 8.85. The summed E-state index contributed by atoms with van der Waals surface area (Å²) in [4.78, 5) is 19.9. The highest BCUT2D eigenvalue weighted by molar-refractivity contribution is 5.80. The van der Waals surface area contributed by atoms with E-state index in [9.17, 15) is 9.59 Å². The number of hydrogen-bond acceptors (Lipinski definition) is 3. The molecule has 62 valence electrons. The molecule has 0 spiro atoms. The van der Waals surface area contributed by atoms with E-state index in [2.05, 4.69) is 0 Å². The Labute approximate surface area is 63.1 Å². The predicted molar refractivity (Wildman–Crippen MR) is 37.0 cm³/mol. The first-order valence-corrected chi connectivity index (χ1v) is 2.91. The Hall–Kier alpha value is -1.36. The van der Waals surface area contributed by atoms with Crippen molar-refractivity contribution in [3.05, 3.63) is 12.2 Å². The first kappa shape index (κ1) is 9.64. The van der Waals surface area contributed by atoms with Crippen LogP contribution in [0.4, 0.5) is 0 Å². The lowest BCUT2D eigenvalue weighted by Gasteiger charge is -1.99. The molecule has 0 aromatic heterocycles. The normalized spacial score (nSPS) is 13.2. The molecule has 0 bridgehead atoms. The summed E-state index contributed by atoms with van der Waals surface area (Å²) >= 11 is 0. The number of nitrogens with two attached hydrogens (primary N) is 1. The Morgan fingerprint density at radius 3 is 2.36 bits per heavy atom. The summed E-state index contributed by atoms with van der Waals surface area (Å²) in [5.74, 6) is -2.18. The van der Waals surface area contributed by atoms with E-state index in [-0.39, 0.29) is 6.42 Å². The van der Waals surface area contributed by atoms with Crippen molar-refractivity contribution in [2.45, 2.75) is 12.5 Å². The summed E-state index contributed by atoms with van der Waals surface area (Å²) < 4.78 is 0. The molecule has 1 atom stereocenters. The number of rotatable bonds is 4. The average Bonchev–Trinajstić information content (AvgIpc) is 1.82. The van der Waals surface area contributed by atoms with E-state index in [1.54, 1.807) is 0 Å². The van der Waals surface area contributed by atoms with Crippen LogP contribution in [0.5, 0.6) is 0 Å². The molecule has 0 aliphatic carbocycles. The van der Waals surface area contributed by atoms with Gasteiger partial charge in [-0.1, -0.05) is 6.08 Å². The van der Waals surface area contributed by atoms with Gasteiger partial charge in [-0.2, -0.15) is 0 Å². The number of carboxylic acid groups (broad SMARTS) is 2. The van der Waals surface area contributed by atoms with E-state index >= 15 is 0 Å². The molecule has 0 saturated carbocycles. The molecule has 4 N–H and O–H groups in total. The third-order valence-corrected chi connectivity index (χ3v) is 0.896. The number of carboxylic acids is 2. The van der Waals surface area contributed by atoms with E-state index in [0.717, 1.165) is 12.2 Å². The SMILES string of the molecule is NC(/C=C\C(=O)O)CC(=O)O. The summed E-state index contributed by atoms with van der Waals surface area (Å²) in [6.45, 7) is 0. The Bertz CT molecular complexity index is 187. The fraction of sp³-hybridized carbons (Fsp3) is 0.333. The van der Waals surface area contributed by atoms with Crippen LogP contribution in [0.15, 0.2) is 12.2 Å². The van der Waals surface area contributed by atoms with Gasteiger partial charge in [-0.3, -0.25) is 4.79 Å². The predicted octanol–water partition coefficient (Wildman–Crippen LogP) is -0.571. The van der Waals surface area contributed by atoms with Crippen LogP contribution in [0.3, 0.4) is 0 Å². The highest BCUT2D eigenvalue weighted by Gasteiger charge is 2.03. The Kier molecular flexibility index (Phi) is 3.90. The zero-order valence-corrected chi connectivity index (χ0v) is 5.73. The highest BCUT2D eigenvalue weighted by atomic mass is 16.4. The van der Waals surface area contributed by atoms with Gasteiger partial charge < -0.3 is 15.9 Å². The zero-order valence-electron chi connectivity index (χ0n) is 5.73. The fourth-order valence-electron chi connectivity index (χ4n) is 0.476. The van der Waals surface area contributed by atoms with E-state index in [4.69, 9.17) is 15.9 Å². The van der Waals surface area contributed by atoms with Crippen molar-refractivity contribution in [3.63, 3.8) is 0 Å². The van der Waals surface area contributed by atoms with Crippen molar-refractivity contribution in [2.24, 2.45) is 5.73 Å². The van der Waals surface area contributed by atoms with Crippen LogP contribution in [0.1, 0.15) is 6.42 Å². The minimum Gasteiger partial charge on any atom is -0.481 e. The molecule has 0 fully saturated rings. The van der Waals surface area contributed by atoms with Crippen molar-refractivity contribution >= 4 is 11.9 Å². The lowest BCUT2D eigenvalue weighted by atomic mass is 10.2. The molecular weight excluding hydrogens is 150 g/mol. The second-order valence-electron chi connectivity index (χ2n) is 1.96. The minimum absolute atomic E-state index is 0.260. The largest absolute Gasteiger partial charge is 0.481 e. The standard InChI is InChI=1S/C6H9NO4/c7-4(3-6(10)11)1-2-5(8)9/h1-2,4H,3,7H2,(H,8,9)(H,10,11)/b2-1-. The molecule has 1 unspecified atom stereocenters. The van der Waals surface area contributed by atoms with Gasteiger partial charge in [0.05, 0.1) is 6.42 Å². The van der Waals surface area contributed by atoms with Crippen molar-refractivity contribution in [1.29, 1.82) is 0 Å². The molecular formula is C6H9NO4. The molecule has 0 aromatic rings. The van der Waals surface area contributed by atoms with Gasteiger partial charge in [0.25, 0.3) is 0 Å². The molecule has 0 amide bonds. The maximum Gasteiger partial charge on any atom is 0.328 e. The monoisotopic (exact) mass is 159 g/mol. The van der Waals surface area contributed by atoms with Gasteiger partial charge in [-0.25, -0.2) is 4.79 Å². The molecule has 0 radical (unpaired) electrons. The summed E-state index contributed by atoms with van der Waals surface area (Å²) in [7, 11) is 0. The molecule has 5 heteroatoms. The molecule has 0 aliphatic rings. The van der Waals surface area contributed by atoms with Gasteiger partial charge >= 0.3 is 11.9 Å². The molecule has 11 heavy (non-hydrogen) atoms. The van der Waals surface area contributed by atoms with Crippen LogP contribution in [0.25, 0.3) is 0 Å². The van der Waals surface area contributed by atoms with E-state index in [0.29, 0.717) is 0 Å². The number of aliphatic carboxylic acids is 2. The minimum atomic E-state index is -1.13. The van der Waals surface area contributed by atoms with E-state index in [1.807, 2.05) is 0 Å². The fourth-order valence-corrected chi connectivity index (χ4v) is 0.476. The van der Waals surface area contributed by atoms with Crippen LogP contribution in [-0.2, 0) is 9.59 Å². The van der Waals surface area contributed by atoms with Crippen molar-refractivity contribution in [2.75, 3.05) is 0 Å². The van der Waals surface area contributed by atoms with Crippen LogP contribution >= 0.6 is 0 Å². The Balaban J connectivity index is 3.77. The first-order chi connectivity index (χ1) is 5.02. The quantitative estimate of drug-likeness (QED) is 0.477. The summed E-state index contributed by atoms with van der Waals surface area (Å²) in [5, 5.41) is 16.3. The molecule has 0 rings (SSSR count). The summed E-state index contributed by atoms with van der Waals surface area (Å²) in [5.41, 5.74) is 5.19. The van der Waals surface area contributed by atoms with Gasteiger partial charge in [-0.15, -0.1) is 0 Å². The van der Waals surface area contributed by atoms with Gasteiger partial charge in [-0.05, 0) is 0 Å². The second-order valence-corrected chi connectivity index (χ2v) is 1.96. The van der Waals surface area contributed by atoms with Crippen molar-refractivity contribution < 1.29 is 19.8 Å². The van der Waals surface area contributed by atoms with Crippen molar-refractivity contribution in [3.8, 4) is 0 Å². The highest BCUT2D eigenvalue weighted by Crippen LogP contribution is 1.89. The molecule has 0 aliphatic heterocycles. The third-order valence-electron chi connectivity index (χ3n) is 0.896. The van der Waals surface area contributed by atoms with Gasteiger partial charge in [0, 0.05) is 12.1 Å². The topological polar surface area (TPSA) is 101 Å². The van der Waals surface area contributed by atoms with Crippen molar-refractivity contribution in [1.82, 2.24) is 0 Å². The van der Waals surface area contributed by atoms with E-state index < -0.39 is 18.0 Å². The molecule has 5 nitrogen and oxygen atoms in total. The average molecular weight is 159 g/mol. The van der Waals surface area contributed by atoms with Gasteiger partial charge in [0.1, 0.15) is 0 Å². The summed E-state index contributed by atoms with van der Waals surface area (Å²) in [6, 6.07) is -0.733. The van der Waals surface area contributed by atoms with Gasteiger partial charge in [0.2, 0.25) is 0 Å². The lowest BCUT2D eigenvalue weighted by molar-refractivity contribution is -0.137. The summed E-state index contributed by atoms with van der Waals surface area (Å²) in [6.07, 6.45) is 1.70. The number of hydrogen-bond donors (Lipinski definition) is 3. The lowest BCUT2D eigenvalue weighted by Crippen LogP contribution is -2.21. The first-order valence-electron chi connectivity index (χ1n) is 2.91. The van der Waals surface area contributed by atoms with Gasteiger partial charge in [0.15, 0.2) is 0 Å². The smallest absolute Gasteiger partial charge is 0.328 e. The van der Waals surface area contributed by atoms with Crippen LogP contribution in [0, 0.1) is 0 Å². The van der Waals surface area contributed by atoms with Crippen LogP contribution < -0.4 is 5.73 Å². The Morgan fingerprint density at radius 2 is 2.00 bits per heavy atom. The molecule has 0 aromatic carbocycles. The Morgan fingerprint density at radius 1 is 1.45 bits per heavy atom. The molecule has 0 saturated heterocycles. The van der Waals surface area contributed by atoms with Crippen LogP contribution in [-0.4, -0.2) is 28.2 Å². The second kappa shape index (κ2) is 4.45. The number of carbonyl (C=O) groups is 2. The maximum atomic E-state index is 9.99. The third kappa shape index (κ3) is 6.53. The molecule has 0 heterocycles.